The van der Waals surface area contributed by atoms with Crippen LogP contribution >= 0.6 is 11.3 Å². The molecule has 1 saturated heterocycles. The van der Waals surface area contributed by atoms with E-state index in [-0.39, 0.29) is 12.6 Å². The van der Waals surface area contributed by atoms with E-state index in [4.69, 9.17) is 4.74 Å². The second kappa shape index (κ2) is 6.69. The van der Waals surface area contributed by atoms with Crippen molar-refractivity contribution in [2.24, 2.45) is 0 Å². The summed E-state index contributed by atoms with van der Waals surface area (Å²) < 4.78 is 9.91. The van der Waals surface area contributed by atoms with Crippen LogP contribution in [0.3, 0.4) is 0 Å². The number of carbonyl (C=O) groups is 2. The zero-order chi connectivity index (χ0) is 14.5. The maximum absolute atomic E-state index is 12.0. The molecule has 0 spiro atoms. The van der Waals surface area contributed by atoms with E-state index in [0.717, 1.165) is 23.5 Å². The predicted octanol–water partition coefficient (Wildman–Crippen LogP) is 1.98. The van der Waals surface area contributed by atoms with Gasteiger partial charge in [-0.15, -0.1) is 11.3 Å². The standard InChI is InChI=1S/C13H18N2O4S/c1-3-11-14-9(8-20-11)7-19-12(16)10-5-4-6-15(10)13(17)18-2/h8,10H,3-7H2,1-2H3/t10-/m0/s1. The van der Waals surface area contributed by atoms with Crippen LogP contribution in [0.2, 0.25) is 0 Å². The van der Waals surface area contributed by atoms with Crippen molar-refractivity contribution in [1.29, 1.82) is 0 Å². The zero-order valence-corrected chi connectivity index (χ0v) is 12.4. The van der Waals surface area contributed by atoms with Crippen molar-refractivity contribution in [2.75, 3.05) is 13.7 Å². The first kappa shape index (κ1) is 14.8. The van der Waals surface area contributed by atoms with Crippen LogP contribution in [-0.4, -0.2) is 41.6 Å². The van der Waals surface area contributed by atoms with Gasteiger partial charge in [-0.05, 0) is 19.3 Å². The highest BCUT2D eigenvalue weighted by molar-refractivity contribution is 7.09. The molecule has 6 nitrogen and oxygen atoms in total. The lowest BCUT2D eigenvalue weighted by atomic mass is 10.2. The second-order valence-corrected chi connectivity index (χ2v) is 5.46. The van der Waals surface area contributed by atoms with E-state index in [1.165, 1.54) is 12.0 Å². The molecule has 1 amide bonds. The molecular weight excluding hydrogens is 280 g/mol. The number of esters is 1. The van der Waals surface area contributed by atoms with Crippen molar-refractivity contribution in [3.8, 4) is 0 Å². The number of hydrogen-bond acceptors (Lipinski definition) is 6. The first-order chi connectivity index (χ1) is 9.65. The normalized spacial score (nSPS) is 18.1. The molecule has 1 atom stereocenters. The number of ether oxygens (including phenoxy) is 2. The lowest BCUT2D eigenvalue weighted by Crippen LogP contribution is -2.41. The third-order valence-electron chi connectivity index (χ3n) is 3.20. The quantitative estimate of drug-likeness (QED) is 0.795. The number of aromatic nitrogens is 1. The summed E-state index contributed by atoms with van der Waals surface area (Å²) in [6, 6.07) is -0.535. The third-order valence-corrected chi connectivity index (χ3v) is 4.24. The molecule has 0 aromatic carbocycles. The average molecular weight is 298 g/mol. The minimum Gasteiger partial charge on any atom is -0.458 e. The Morgan fingerprint density at radius 3 is 3.00 bits per heavy atom. The zero-order valence-electron chi connectivity index (χ0n) is 11.6. The van der Waals surface area contributed by atoms with E-state index >= 15 is 0 Å². The van der Waals surface area contributed by atoms with Crippen molar-refractivity contribution < 1.29 is 19.1 Å². The molecule has 2 rings (SSSR count). The van der Waals surface area contributed by atoms with E-state index < -0.39 is 12.1 Å². The summed E-state index contributed by atoms with van der Waals surface area (Å²) in [5.74, 6) is -0.390. The molecule has 110 valence electrons. The molecule has 1 aliphatic heterocycles. The molecule has 20 heavy (non-hydrogen) atoms. The molecule has 1 fully saturated rings. The van der Waals surface area contributed by atoms with E-state index in [1.807, 2.05) is 12.3 Å². The molecule has 7 heteroatoms. The van der Waals surface area contributed by atoms with Crippen LogP contribution in [-0.2, 0) is 27.3 Å². The fourth-order valence-electron chi connectivity index (χ4n) is 2.17. The summed E-state index contributed by atoms with van der Waals surface area (Å²) in [4.78, 5) is 29.3. The fourth-order valence-corrected chi connectivity index (χ4v) is 2.90. The number of rotatable bonds is 4. The monoisotopic (exact) mass is 298 g/mol. The molecule has 1 aromatic rings. The Bertz CT molecular complexity index is 488. The molecule has 1 aliphatic rings. The van der Waals surface area contributed by atoms with E-state index in [1.54, 1.807) is 11.3 Å². The number of amides is 1. The Balaban J connectivity index is 1.89. The Hall–Kier alpha value is -1.63. The van der Waals surface area contributed by atoms with Gasteiger partial charge in [0, 0.05) is 11.9 Å². The van der Waals surface area contributed by atoms with E-state index in [2.05, 4.69) is 9.72 Å². The first-order valence-electron chi connectivity index (χ1n) is 6.60. The van der Waals surface area contributed by atoms with E-state index in [0.29, 0.717) is 13.0 Å². The average Bonchev–Trinajstić information content (AvgIpc) is 3.12. The minimum absolute atomic E-state index is 0.154. The van der Waals surface area contributed by atoms with Gasteiger partial charge in [0.1, 0.15) is 12.6 Å². The highest BCUT2D eigenvalue weighted by atomic mass is 32.1. The number of nitrogens with zero attached hydrogens (tertiary/aromatic N) is 2. The number of aryl methyl sites for hydroxylation is 1. The van der Waals surface area contributed by atoms with Gasteiger partial charge in [-0.1, -0.05) is 6.92 Å². The Labute approximate surface area is 121 Å². The lowest BCUT2D eigenvalue weighted by molar-refractivity contribution is -0.149. The number of thiazole rings is 1. The molecule has 0 N–H and O–H groups in total. The van der Waals surface area contributed by atoms with Crippen LogP contribution in [0.15, 0.2) is 5.38 Å². The second-order valence-electron chi connectivity index (χ2n) is 4.52. The molecule has 0 aliphatic carbocycles. The van der Waals surface area contributed by atoms with Crippen LogP contribution in [0.25, 0.3) is 0 Å². The molecule has 0 unspecified atom stereocenters. The van der Waals surface area contributed by atoms with Gasteiger partial charge in [0.15, 0.2) is 0 Å². The Morgan fingerprint density at radius 2 is 2.35 bits per heavy atom. The van der Waals surface area contributed by atoms with Crippen molar-refractivity contribution in [2.45, 2.75) is 38.8 Å². The highest BCUT2D eigenvalue weighted by Gasteiger charge is 2.35. The fraction of sp³-hybridized carbons (Fsp3) is 0.615. The number of hydrogen-bond donors (Lipinski definition) is 0. The summed E-state index contributed by atoms with van der Waals surface area (Å²) in [5.41, 5.74) is 0.753. The van der Waals surface area contributed by atoms with Gasteiger partial charge < -0.3 is 9.47 Å². The maximum Gasteiger partial charge on any atom is 0.410 e. The van der Waals surface area contributed by atoms with Gasteiger partial charge in [-0.3, -0.25) is 4.90 Å². The topological polar surface area (TPSA) is 68.7 Å². The van der Waals surface area contributed by atoms with Crippen molar-refractivity contribution in [3.05, 3.63) is 16.1 Å². The van der Waals surface area contributed by atoms with Crippen LogP contribution in [0.1, 0.15) is 30.5 Å². The van der Waals surface area contributed by atoms with Crippen LogP contribution in [0.4, 0.5) is 4.79 Å². The van der Waals surface area contributed by atoms with Crippen LogP contribution in [0.5, 0.6) is 0 Å². The van der Waals surface area contributed by atoms with Gasteiger partial charge in [-0.25, -0.2) is 14.6 Å². The summed E-state index contributed by atoms with van der Waals surface area (Å²) in [5, 5.41) is 2.91. The third kappa shape index (κ3) is 3.27. The van der Waals surface area contributed by atoms with Crippen LogP contribution in [0, 0.1) is 0 Å². The first-order valence-corrected chi connectivity index (χ1v) is 7.48. The minimum atomic E-state index is -0.535. The largest absolute Gasteiger partial charge is 0.458 e. The number of methoxy groups -OCH3 is 1. The lowest BCUT2D eigenvalue weighted by Gasteiger charge is -2.21. The highest BCUT2D eigenvalue weighted by Crippen LogP contribution is 2.20. The Kier molecular flexibility index (Phi) is 4.94. The molecule has 2 heterocycles. The SMILES string of the molecule is CCc1nc(COC(=O)[C@@H]2CCCN2C(=O)OC)cs1. The van der Waals surface area contributed by atoms with Crippen molar-refractivity contribution in [3.63, 3.8) is 0 Å². The molecule has 0 saturated carbocycles. The van der Waals surface area contributed by atoms with Gasteiger partial charge in [0.05, 0.1) is 17.8 Å². The number of likely N-dealkylation sites (tertiary alicyclic amines) is 1. The predicted molar refractivity (Wildman–Crippen MR) is 73.4 cm³/mol. The smallest absolute Gasteiger partial charge is 0.410 e. The number of carbonyl (C=O) groups excluding carboxylic acids is 2. The van der Waals surface area contributed by atoms with Crippen LogP contribution < -0.4 is 0 Å². The van der Waals surface area contributed by atoms with E-state index in [9.17, 15) is 9.59 Å². The Morgan fingerprint density at radius 1 is 1.55 bits per heavy atom. The summed E-state index contributed by atoms with van der Waals surface area (Å²) in [6.07, 6.45) is 1.79. The van der Waals surface area contributed by atoms with Gasteiger partial charge in [0.2, 0.25) is 0 Å². The van der Waals surface area contributed by atoms with Crippen molar-refractivity contribution >= 4 is 23.4 Å². The molecule has 0 bridgehead atoms. The molecular formula is C13H18N2O4S. The van der Waals surface area contributed by atoms with Gasteiger partial charge in [0.25, 0.3) is 0 Å². The van der Waals surface area contributed by atoms with Gasteiger partial charge >= 0.3 is 12.1 Å². The van der Waals surface area contributed by atoms with Crippen molar-refractivity contribution in [1.82, 2.24) is 9.88 Å². The molecule has 1 aromatic heterocycles. The molecule has 0 radical (unpaired) electrons. The summed E-state index contributed by atoms with van der Waals surface area (Å²) in [6.45, 7) is 2.71. The summed E-state index contributed by atoms with van der Waals surface area (Å²) >= 11 is 1.56. The van der Waals surface area contributed by atoms with Gasteiger partial charge in [-0.2, -0.15) is 0 Å². The summed E-state index contributed by atoms with van der Waals surface area (Å²) in [7, 11) is 1.31. The maximum atomic E-state index is 12.0.